The quantitative estimate of drug-likeness (QED) is 0.796. The molecule has 1 saturated heterocycles. The number of carbonyl (C=O) groups is 2. The van der Waals surface area contributed by atoms with Gasteiger partial charge in [0.1, 0.15) is 11.0 Å². The van der Waals surface area contributed by atoms with E-state index < -0.39 is 0 Å². The van der Waals surface area contributed by atoms with E-state index in [-0.39, 0.29) is 17.1 Å². The molecule has 2 rings (SSSR count). The Balaban J connectivity index is 2.14. The Labute approximate surface area is 128 Å². The third-order valence-electron chi connectivity index (χ3n) is 3.47. The lowest BCUT2D eigenvalue weighted by Crippen LogP contribution is -2.44. The van der Waals surface area contributed by atoms with Crippen molar-refractivity contribution in [2.45, 2.75) is 12.2 Å². The van der Waals surface area contributed by atoms with Gasteiger partial charge < -0.3 is 14.4 Å². The van der Waals surface area contributed by atoms with Crippen molar-refractivity contribution in [1.29, 1.82) is 0 Å². The smallest absolute Gasteiger partial charge is 0.320 e. The minimum absolute atomic E-state index is 0.0810. The molecule has 1 aliphatic rings. The number of nitrogens with zero attached hydrogens (tertiary/aromatic N) is 1. The van der Waals surface area contributed by atoms with Gasteiger partial charge in [0.15, 0.2) is 0 Å². The molecule has 0 bridgehead atoms. The molecule has 1 atom stereocenters. The van der Waals surface area contributed by atoms with Gasteiger partial charge in [0.2, 0.25) is 0 Å². The first-order chi connectivity index (χ1) is 10.1. The molecular weight excluding hydrogens is 290 g/mol. The third kappa shape index (κ3) is 3.50. The van der Waals surface area contributed by atoms with Crippen molar-refractivity contribution in [2.24, 2.45) is 0 Å². The molecule has 6 heteroatoms. The first-order valence-electron chi connectivity index (χ1n) is 6.70. The highest BCUT2D eigenvalue weighted by molar-refractivity contribution is 8.00. The largest absolute Gasteiger partial charge is 0.496 e. The Kier molecular flexibility index (Phi) is 5.12. The van der Waals surface area contributed by atoms with E-state index in [4.69, 9.17) is 9.47 Å². The van der Waals surface area contributed by atoms with Crippen molar-refractivity contribution in [1.82, 2.24) is 4.90 Å². The minimum atomic E-state index is -0.306. The number of carbonyl (C=O) groups excluding carboxylic acids is 2. The molecule has 1 aromatic rings. The van der Waals surface area contributed by atoms with Crippen LogP contribution in [0.4, 0.5) is 0 Å². The van der Waals surface area contributed by atoms with Crippen LogP contribution in [0.1, 0.15) is 15.9 Å². The fraction of sp³-hybridized carbons (Fsp3) is 0.467. The van der Waals surface area contributed by atoms with E-state index in [0.29, 0.717) is 24.4 Å². The van der Waals surface area contributed by atoms with Crippen molar-refractivity contribution in [3.8, 4) is 5.75 Å². The van der Waals surface area contributed by atoms with Gasteiger partial charge in [-0.15, -0.1) is 11.8 Å². The topological polar surface area (TPSA) is 55.8 Å². The van der Waals surface area contributed by atoms with Gasteiger partial charge >= 0.3 is 5.97 Å². The summed E-state index contributed by atoms with van der Waals surface area (Å²) in [6.07, 6.45) is 0. The van der Waals surface area contributed by atoms with Crippen molar-refractivity contribution in [3.63, 3.8) is 0 Å². The highest BCUT2D eigenvalue weighted by Crippen LogP contribution is 2.24. The van der Waals surface area contributed by atoms with Gasteiger partial charge in [-0.2, -0.15) is 0 Å². The number of ether oxygens (including phenoxy) is 2. The zero-order valence-corrected chi connectivity index (χ0v) is 13.2. The number of methoxy groups -OCH3 is 2. The second-order valence-electron chi connectivity index (χ2n) is 4.82. The van der Waals surface area contributed by atoms with Gasteiger partial charge in [-0.1, -0.05) is 6.07 Å². The van der Waals surface area contributed by atoms with Crippen molar-refractivity contribution in [2.75, 3.05) is 33.1 Å². The molecule has 0 spiro atoms. The molecule has 1 aromatic carbocycles. The molecule has 1 amide bonds. The summed E-state index contributed by atoms with van der Waals surface area (Å²) in [7, 11) is 2.95. The highest BCUT2D eigenvalue weighted by atomic mass is 32.2. The Hall–Kier alpha value is -1.69. The predicted molar refractivity (Wildman–Crippen MR) is 81.9 cm³/mol. The number of hydrogen-bond donors (Lipinski definition) is 0. The van der Waals surface area contributed by atoms with Crippen molar-refractivity contribution < 1.29 is 19.1 Å². The molecule has 0 aromatic heterocycles. The molecule has 114 valence electrons. The highest BCUT2D eigenvalue weighted by Gasteiger charge is 2.30. The lowest BCUT2D eigenvalue weighted by atomic mass is 10.1. The van der Waals surface area contributed by atoms with Crippen LogP contribution in [-0.2, 0) is 9.53 Å². The summed E-state index contributed by atoms with van der Waals surface area (Å²) in [6, 6.07) is 5.39. The fourth-order valence-corrected chi connectivity index (χ4v) is 3.37. The van der Waals surface area contributed by atoms with E-state index in [2.05, 4.69) is 0 Å². The molecule has 0 N–H and O–H groups in total. The average Bonchev–Trinajstić information content (AvgIpc) is 2.54. The molecule has 1 aliphatic heterocycles. The fourth-order valence-electron chi connectivity index (χ4n) is 2.24. The number of esters is 1. The van der Waals surface area contributed by atoms with E-state index in [1.54, 1.807) is 24.1 Å². The standard InChI is InChI=1S/C15H19NO4S/c1-10-4-5-11(8-12(10)19-2)14(17)16-6-7-21-13(9-16)15(18)20-3/h4-5,8,13H,6-7,9H2,1-3H3/t13-/m0/s1. The number of benzene rings is 1. The van der Waals surface area contributed by atoms with Crippen LogP contribution in [0.3, 0.4) is 0 Å². The Morgan fingerprint density at radius 3 is 2.76 bits per heavy atom. The molecule has 21 heavy (non-hydrogen) atoms. The SMILES string of the molecule is COC(=O)[C@@H]1CN(C(=O)c2ccc(C)c(OC)c2)CCS1. The number of aryl methyl sites for hydroxylation is 1. The van der Waals surface area contributed by atoms with E-state index in [9.17, 15) is 9.59 Å². The zero-order valence-electron chi connectivity index (χ0n) is 12.4. The third-order valence-corrected chi connectivity index (χ3v) is 4.63. The first kappa shape index (κ1) is 15.7. The van der Waals surface area contributed by atoms with Gasteiger partial charge in [-0.3, -0.25) is 9.59 Å². The zero-order chi connectivity index (χ0) is 15.4. The lowest BCUT2D eigenvalue weighted by Gasteiger charge is -2.31. The summed E-state index contributed by atoms with van der Waals surface area (Å²) in [5, 5.41) is -0.306. The normalized spacial score (nSPS) is 18.2. The van der Waals surface area contributed by atoms with Crippen LogP contribution in [-0.4, -0.2) is 55.1 Å². The average molecular weight is 309 g/mol. The minimum Gasteiger partial charge on any atom is -0.496 e. The summed E-state index contributed by atoms with van der Waals surface area (Å²) >= 11 is 1.53. The van der Waals surface area contributed by atoms with Crippen LogP contribution < -0.4 is 4.74 Å². The molecule has 0 radical (unpaired) electrons. The predicted octanol–water partition coefficient (Wildman–Crippen LogP) is 1.73. The number of amides is 1. The first-order valence-corrected chi connectivity index (χ1v) is 7.75. The number of thioether (sulfide) groups is 1. The van der Waals surface area contributed by atoms with Gasteiger partial charge in [0.25, 0.3) is 5.91 Å². The summed E-state index contributed by atoms with van der Waals surface area (Å²) in [5.41, 5.74) is 1.56. The van der Waals surface area contributed by atoms with E-state index in [1.165, 1.54) is 18.9 Å². The van der Waals surface area contributed by atoms with Crippen molar-refractivity contribution in [3.05, 3.63) is 29.3 Å². The Bertz CT molecular complexity index is 546. The molecule has 1 fully saturated rings. The molecule has 0 unspecified atom stereocenters. The van der Waals surface area contributed by atoms with Crippen LogP contribution in [0, 0.1) is 6.92 Å². The molecule has 0 saturated carbocycles. The molecule has 0 aliphatic carbocycles. The van der Waals surface area contributed by atoms with Crippen LogP contribution >= 0.6 is 11.8 Å². The summed E-state index contributed by atoms with van der Waals surface area (Å²) in [4.78, 5) is 25.9. The van der Waals surface area contributed by atoms with Gasteiger partial charge in [-0.25, -0.2) is 0 Å². The van der Waals surface area contributed by atoms with Crippen LogP contribution in [0.15, 0.2) is 18.2 Å². The lowest BCUT2D eigenvalue weighted by molar-refractivity contribution is -0.140. The second kappa shape index (κ2) is 6.85. The number of hydrogen-bond acceptors (Lipinski definition) is 5. The Morgan fingerprint density at radius 2 is 2.10 bits per heavy atom. The monoisotopic (exact) mass is 309 g/mol. The van der Waals surface area contributed by atoms with E-state index >= 15 is 0 Å². The van der Waals surface area contributed by atoms with E-state index in [1.807, 2.05) is 13.0 Å². The van der Waals surface area contributed by atoms with Gasteiger partial charge in [0.05, 0.1) is 14.2 Å². The maximum absolute atomic E-state index is 12.5. The van der Waals surface area contributed by atoms with Crippen LogP contribution in [0.2, 0.25) is 0 Å². The van der Waals surface area contributed by atoms with Crippen LogP contribution in [0.25, 0.3) is 0 Å². The van der Waals surface area contributed by atoms with Crippen LogP contribution in [0.5, 0.6) is 5.75 Å². The van der Waals surface area contributed by atoms with Crippen molar-refractivity contribution >= 4 is 23.6 Å². The Morgan fingerprint density at radius 1 is 1.33 bits per heavy atom. The summed E-state index contributed by atoms with van der Waals surface area (Å²) in [5.74, 6) is 1.06. The maximum atomic E-state index is 12.5. The van der Waals surface area contributed by atoms with E-state index in [0.717, 1.165) is 11.3 Å². The molecule has 5 nitrogen and oxygen atoms in total. The maximum Gasteiger partial charge on any atom is 0.320 e. The summed E-state index contributed by atoms with van der Waals surface area (Å²) < 4.78 is 10.0. The number of rotatable bonds is 3. The molecule has 1 heterocycles. The van der Waals surface area contributed by atoms with Gasteiger partial charge in [0, 0.05) is 24.4 Å². The van der Waals surface area contributed by atoms with Gasteiger partial charge in [-0.05, 0) is 24.6 Å². The second-order valence-corrected chi connectivity index (χ2v) is 6.13. The molecular formula is C15H19NO4S. The summed E-state index contributed by atoms with van der Waals surface area (Å²) in [6.45, 7) is 2.94.